The maximum absolute atomic E-state index is 3.73. The Morgan fingerprint density at radius 3 is 2.67 bits per heavy atom. The van der Waals surface area contributed by atoms with Crippen LogP contribution >= 0.6 is 0 Å². The molecule has 1 fully saturated rings. The minimum Gasteiger partial charge on any atom is -0.319 e. The van der Waals surface area contributed by atoms with E-state index in [4.69, 9.17) is 0 Å². The van der Waals surface area contributed by atoms with E-state index < -0.39 is 0 Å². The molecular weight excluding hydrogens is 184 g/mol. The molecule has 0 spiro atoms. The zero-order valence-corrected chi connectivity index (χ0v) is 10.7. The summed E-state index contributed by atoms with van der Waals surface area (Å²) in [6, 6.07) is 0.786. The van der Waals surface area contributed by atoms with Gasteiger partial charge in [0.15, 0.2) is 0 Å². The highest BCUT2D eigenvalue weighted by Gasteiger charge is 2.15. The SMILES string of the molecule is CNCC(C)CNC1CCCC(C)CC1. The monoisotopic (exact) mass is 212 g/mol. The van der Waals surface area contributed by atoms with Crippen LogP contribution in [0.3, 0.4) is 0 Å². The number of hydrogen-bond acceptors (Lipinski definition) is 2. The number of rotatable bonds is 5. The summed E-state index contributed by atoms with van der Waals surface area (Å²) < 4.78 is 0. The fourth-order valence-electron chi connectivity index (χ4n) is 2.48. The molecule has 15 heavy (non-hydrogen) atoms. The summed E-state index contributed by atoms with van der Waals surface area (Å²) in [6.07, 6.45) is 7.03. The fourth-order valence-corrected chi connectivity index (χ4v) is 2.48. The van der Waals surface area contributed by atoms with Crippen molar-refractivity contribution in [2.75, 3.05) is 20.1 Å². The molecule has 2 heteroatoms. The molecule has 1 rings (SSSR count). The zero-order chi connectivity index (χ0) is 11.1. The minimum absolute atomic E-state index is 0.746. The normalized spacial score (nSPS) is 29.8. The summed E-state index contributed by atoms with van der Waals surface area (Å²) in [7, 11) is 2.03. The van der Waals surface area contributed by atoms with Crippen molar-refractivity contribution in [3.05, 3.63) is 0 Å². The van der Waals surface area contributed by atoms with Gasteiger partial charge < -0.3 is 10.6 Å². The van der Waals surface area contributed by atoms with Gasteiger partial charge in [-0.05, 0) is 51.2 Å². The van der Waals surface area contributed by atoms with Gasteiger partial charge in [-0.2, -0.15) is 0 Å². The lowest BCUT2D eigenvalue weighted by atomic mass is 10.0. The van der Waals surface area contributed by atoms with E-state index in [-0.39, 0.29) is 0 Å². The lowest BCUT2D eigenvalue weighted by molar-refractivity contribution is 0.402. The first-order chi connectivity index (χ1) is 7.22. The average molecular weight is 212 g/mol. The Morgan fingerprint density at radius 1 is 1.13 bits per heavy atom. The predicted molar refractivity (Wildman–Crippen MR) is 67.1 cm³/mol. The molecule has 2 N–H and O–H groups in total. The van der Waals surface area contributed by atoms with Crippen molar-refractivity contribution in [3.8, 4) is 0 Å². The lowest BCUT2D eigenvalue weighted by Crippen LogP contribution is -2.35. The van der Waals surface area contributed by atoms with Gasteiger partial charge in [0.1, 0.15) is 0 Å². The molecule has 2 nitrogen and oxygen atoms in total. The van der Waals surface area contributed by atoms with Gasteiger partial charge in [0.05, 0.1) is 0 Å². The Labute approximate surface area is 95.2 Å². The predicted octanol–water partition coefficient (Wildman–Crippen LogP) is 2.40. The highest BCUT2D eigenvalue weighted by molar-refractivity contribution is 4.74. The van der Waals surface area contributed by atoms with Crippen molar-refractivity contribution in [2.45, 2.75) is 52.0 Å². The summed E-state index contributed by atoms with van der Waals surface area (Å²) in [5, 5.41) is 6.96. The number of nitrogens with one attached hydrogen (secondary N) is 2. The molecular formula is C13H28N2. The Bertz CT molecular complexity index is 159. The summed E-state index contributed by atoms with van der Waals surface area (Å²) in [4.78, 5) is 0. The van der Waals surface area contributed by atoms with Gasteiger partial charge in [-0.25, -0.2) is 0 Å². The van der Waals surface area contributed by atoms with Crippen LogP contribution in [-0.2, 0) is 0 Å². The average Bonchev–Trinajstić information content (AvgIpc) is 2.41. The Hall–Kier alpha value is -0.0800. The van der Waals surface area contributed by atoms with Crippen molar-refractivity contribution in [1.29, 1.82) is 0 Å². The third-order valence-electron chi connectivity index (χ3n) is 3.57. The van der Waals surface area contributed by atoms with E-state index in [2.05, 4.69) is 24.5 Å². The van der Waals surface area contributed by atoms with Gasteiger partial charge in [0, 0.05) is 6.04 Å². The van der Waals surface area contributed by atoms with Gasteiger partial charge >= 0.3 is 0 Å². The largest absolute Gasteiger partial charge is 0.319 e. The second kappa shape index (κ2) is 7.24. The van der Waals surface area contributed by atoms with Gasteiger partial charge in [-0.3, -0.25) is 0 Å². The number of hydrogen-bond donors (Lipinski definition) is 2. The van der Waals surface area contributed by atoms with E-state index in [0.29, 0.717) is 0 Å². The molecule has 90 valence electrons. The minimum atomic E-state index is 0.746. The van der Waals surface area contributed by atoms with Crippen molar-refractivity contribution in [2.24, 2.45) is 11.8 Å². The molecule has 0 radical (unpaired) electrons. The highest BCUT2D eigenvalue weighted by Crippen LogP contribution is 2.22. The van der Waals surface area contributed by atoms with Crippen LogP contribution in [0, 0.1) is 11.8 Å². The van der Waals surface area contributed by atoms with Gasteiger partial charge in [-0.1, -0.05) is 26.7 Å². The fraction of sp³-hybridized carbons (Fsp3) is 1.00. The lowest BCUT2D eigenvalue weighted by Gasteiger charge is -2.19. The molecule has 3 unspecified atom stereocenters. The van der Waals surface area contributed by atoms with E-state index in [0.717, 1.165) is 24.4 Å². The van der Waals surface area contributed by atoms with Crippen molar-refractivity contribution < 1.29 is 0 Å². The second-order valence-corrected chi connectivity index (χ2v) is 5.38. The van der Waals surface area contributed by atoms with E-state index in [1.54, 1.807) is 0 Å². The first-order valence-electron chi connectivity index (χ1n) is 6.60. The molecule has 1 aliphatic carbocycles. The quantitative estimate of drug-likeness (QED) is 0.684. The molecule has 0 saturated heterocycles. The van der Waals surface area contributed by atoms with Crippen molar-refractivity contribution in [3.63, 3.8) is 0 Å². The molecule has 0 aromatic rings. The smallest absolute Gasteiger partial charge is 0.00672 e. The molecule has 1 saturated carbocycles. The third-order valence-corrected chi connectivity index (χ3v) is 3.57. The molecule has 0 aliphatic heterocycles. The Balaban J connectivity index is 2.14. The molecule has 0 aromatic heterocycles. The first-order valence-corrected chi connectivity index (χ1v) is 6.60. The third kappa shape index (κ3) is 5.53. The molecule has 0 amide bonds. The standard InChI is InChI=1S/C13H28N2/c1-11-5-4-6-13(8-7-11)15-10-12(2)9-14-3/h11-15H,4-10H2,1-3H3. The topological polar surface area (TPSA) is 24.1 Å². The van der Waals surface area contributed by atoms with Crippen LogP contribution < -0.4 is 10.6 Å². The summed E-state index contributed by atoms with van der Waals surface area (Å²) in [6.45, 7) is 6.99. The summed E-state index contributed by atoms with van der Waals surface area (Å²) in [5.74, 6) is 1.70. The van der Waals surface area contributed by atoms with E-state index in [1.807, 2.05) is 7.05 Å². The molecule has 0 bridgehead atoms. The molecule has 3 atom stereocenters. The van der Waals surface area contributed by atoms with Crippen LogP contribution in [0.15, 0.2) is 0 Å². The highest BCUT2D eigenvalue weighted by atomic mass is 14.9. The Morgan fingerprint density at radius 2 is 1.93 bits per heavy atom. The van der Waals surface area contributed by atoms with E-state index >= 15 is 0 Å². The molecule has 0 aromatic carbocycles. The van der Waals surface area contributed by atoms with Crippen molar-refractivity contribution in [1.82, 2.24) is 10.6 Å². The van der Waals surface area contributed by atoms with Gasteiger partial charge in [0.2, 0.25) is 0 Å². The van der Waals surface area contributed by atoms with Crippen LogP contribution in [0.1, 0.15) is 46.0 Å². The van der Waals surface area contributed by atoms with Crippen LogP contribution in [0.4, 0.5) is 0 Å². The van der Waals surface area contributed by atoms with Crippen LogP contribution in [0.5, 0.6) is 0 Å². The first kappa shape index (κ1) is 13.0. The van der Waals surface area contributed by atoms with Crippen LogP contribution in [-0.4, -0.2) is 26.2 Å². The van der Waals surface area contributed by atoms with E-state index in [9.17, 15) is 0 Å². The van der Waals surface area contributed by atoms with Gasteiger partial charge in [0.25, 0.3) is 0 Å². The summed E-state index contributed by atoms with van der Waals surface area (Å²) >= 11 is 0. The summed E-state index contributed by atoms with van der Waals surface area (Å²) in [5.41, 5.74) is 0. The van der Waals surface area contributed by atoms with Crippen LogP contribution in [0.25, 0.3) is 0 Å². The Kier molecular flexibility index (Phi) is 6.26. The second-order valence-electron chi connectivity index (χ2n) is 5.38. The molecule has 1 aliphatic rings. The maximum Gasteiger partial charge on any atom is 0.00672 e. The van der Waals surface area contributed by atoms with Gasteiger partial charge in [-0.15, -0.1) is 0 Å². The maximum atomic E-state index is 3.73. The molecule has 0 heterocycles. The van der Waals surface area contributed by atoms with Crippen LogP contribution in [0.2, 0.25) is 0 Å². The zero-order valence-electron chi connectivity index (χ0n) is 10.7. The van der Waals surface area contributed by atoms with E-state index in [1.165, 1.54) is 38.6 Å². The van der Waals surface area contributed by atoms with Crippen molar-refractivity contribution >= 4 is 0 Å².